The molecule has 0 radical (unpaired) electrons. The minimum atomic E-state index is -0.505. The standard InChI is InChI=1S/C23H27N3O4/c1-15(2)30-21(27)14-19(17-7-5-4-6-8-17)25-22(28)18-9-10-20(16(3)13-18)26-12-11-24-23(26)29/h4-10,13,15,19H,11-12,14H2,1-3H3,(H,24,29)(H,25,28). The van der Waals surface area contributed by atoms with Crippen molar-refractivity contribution in [1.82, 2.24) is 10.6 Å². The summed E-state index contributed by atoms with van der Waals surface area (Å²) in [7, 11) is 0. The second-order valence-corrected chi connectivity index (χ2v) is 7.56. The molecule has 2 N–H and O–H groups in total. The van der Waals surface area contributed by atoms with Crippen molar-refractivity contribution in [3.63, 3.8) is 0 Å². The first-order valence-electron chi connectivity index (χ1n) is 10.1. The molecule has 0 spiro atoms. The molecule has 1 heterocycles. The maximum atomic E-state index is 12.9. The molecule has 7 heteroatoms. The molecule has 30 heavy (non-hydrogen) atoms. The number of hydrogen-bond acceptors (Lipinski definition) is 4. The van der Waals surface area contributed by atoms with Crippen molar-refractivity contribution in [3.05, 3.63) is 65.2 Å². The molecular weight excluding hydrogens is 382 g/mol. The average molecular weight is 409 g/mol. The number of nitrogens with zero attached hydrogens (tertiary/aromatic N) is 1. The Morgan fingerprint density at radius 1 is 1.17 bits per heavy atom. The van der Waals surface area contributed by atoms with E-state index in [4.69, 9.17) is 4.74 Å². The SMILES string of the molecule is Cc1cc(C(=O)NC(CC(=O)OC(C)C)c2ccccc2)ccc1N1CCNC1=O. The van der Waals surface area contributed by atoms with Crippen molar-refractivity contribution in [2.24, 2.45) is 0 Å². The van der Waals surface area contributed by atoms with Crippen molar-refractivity contribution in [1.29, 1.82) is 0 Å². The average Bonchev–Trinajstić information content (AvgIpc) is 3.13. The number of rotatable bonds is 7. The zero-order valence-corrected chi connectivity index (χ0v) is 17.5. The molecule has 0 bridgehead atoms. The quantitative estimate of drug-likeness (QED) is 0.687. The first-order valence-corrected chi connectivity index (χ1v) is 10.1. The maximum Gasteiger partial charge on any atom is 0.322 e. The highest BCUT2D eigenvalue weighted by atomic mass is 16.5. The number of benzene rings is 2. The number of urea groups is 1. The lowest BCUT2D eigenvalue weighted by molar-refractivity contribution is -0.147. The van der Waals surface area contributed by atoms with Crippen molar-refractivity contribution < 1.29 is 19.1 Å². The van der Waals surface area contributed by atoms with Gasteiger partial charge >= 0.3 is 12.0 Å². The summed E-state index contributed by atoms with van der Waals surface area (Å²) in [5.74, 6) is -0.660. The Hall–Kier alpha value is -3.35. The molecule has 158 valence electrons. The summed E-state index contributed by atoms with van der Waals surface area (Å²) in [6.45, 7) is 6.65. The van der Waals surface area contributed by atoms with Crippen LogP contribution in [0.15, 0.2) is 48.5 Å². The summed E-state index contributed by atoms with van der Waals surface area (Å²) in [6, 6.07) is 13.9. The Morgan fingerprint density at radius 2 is 1.90 bits per heavy atom. The molecule has 0 saturated carbocycles. The van der Waals surface area contributed by atoms with Crippen molar-refractivity contribution in [2.75, 3.05) is 18.0 Å². The first kappa shape index (κ1) is 21.4. The molecule has 1 fully saturated rings. The molecule has 0 aliphatic carbocycles. The Bertz CT molecular complexity index is 927. The third-order valence-electron chi connectivity index (χ3n) is 4.85. The number of carbonyl (C=O) groups is 3. The van der Waals surface area contributed by atoms with Crippen LogP contribution in [-0.4, -0.2) is 37.1 Å². The third-order valence-corrected chi connectivity index (χ3v) is 4.85. The molecule has 0 aromatic heterocycles. The summed E-state index contributed by atoms with van der Waals surface area (Å²) in [5.41, 5.74) is 2.90. The van der Waals surface area contributed by atoms with E-state index >= 15 is 0 Å². The predicted molar refractivity (Wildman–Crippen MR) is 114 cm³/mol. The molecule has 2 aromatic carbocycles. The van der Waals surface area contributed by atoms with Crippen LogP contribution in [0.2, 0.25) is 0 Å². The van der Waals surface area contributed by atoms with Gasteiger partial charge < -0.3 is 15.4 Å². The van der Waals surface area contributed by atoms with Gasteiger partial charge in [0.15, 0.2) is 0 Å². The van der Waals surface area contributed by atoms with Crippen LogP contribution in [0.25, 0.3) is 0 Å². The van der Waals surface area contributed by atoms with Gasteiger partial charge in [0.05, 0.1) is 18.6 Å². The molecule has 1 atom stereocenters. The molecule has 3 amide bonds. The Balaban J connectivity index is 1.77. The topological polar surface area (TPSA) is 87.7 Å². The number of aryl methyl sites for hydroxylation is 1. The number of nitrogens with one attached hydrogen (secondary N) is 2. The smallest absolute Gasteiger partial charge is 0.322 e. The Labute approximate surface area is 176 Å². The highest BCUT2D eigenvalue weighted by Gasteiger charge is 2.24. The van der Waals surface area contributed by atoms with Crippen LogP contribution < -0.4 is 15.5 Å². The van der Waals surface area contributed by atoms with E-state index in [-0.39, 0.29) is 30.4 Å². The van der Waals surface area contributed by atoms with Gasteiger partial charge in [-0.1, -0.05) is 30.3 Å². The van der Waals surface area contributed by atoms with Gasteiger partial charge in [0.1, 0.15) is 0 Å². The van der Waals surface area contributed by atoms with Gasteiger partial charge in [-0.3, -0.25) is 14.5 Å². The zero-order valence-electron chi connectivity index (χ0n) is 17.5. The molecular formula is C23H27N3O4. The van der Waals surface area contributed by atoms with Gasteiger partial charge in [0.25, 0.3) is 5.91 Å². The molecule has 1 aliphatic heterocycles. The molecule has 1 aliphatic rings. The summed E-state index contributed by atoms with van der Waals surface area (Å²) < 4.78 is 5.26. The normalized spacial score (nSPS) is 14.4. The van der Waals surface area contributed by atoms with E-state index < -0.39 is 6.04 Å². The van der Waals surface area contributed by atoms with Crippen LogP contribution >= 0.6 is 0 Å². The largest absolute Gasteiger partial charge is 0.463 e. The highest BCUT2D eigenvalue weighted by Crippen LogP contribution is 2.24. The van der Waals surface area contributed by atoms with Crippen LogP contribution in [0.5, 0.6) is 0 Å². The van der Waals surface area contributed by atoms with Crippen LogP contribution in [0, 0.1) is 6.92 Å². The minimum Gasteiger partial charge on any atom is -0.463 e. The number of carbonyl (C=O) groups excluding carboxylic acids is 3. The maximum absolute atomic E-state index is 12.9. The molecule has 7 nitrogen and oxygen atoms in total. The van der Waals surface area contributed by atoms with Crippen LogP contribution in [0.3, 0.4) is 0 Å². The van der Waals surface area contributed by atoms with Crippen LogP contribution in [0.4, 0.5) is 10.5 Å². The lowest BCUT2D eigenvalue weighted by Crippen LogP contribution is -2.31. The van der Waals surface area contributed by atoms with Gasteiger partial charge in [-0.25, -0.2) is 4.79 Å². The van der Waals surface area contributed by atoms with E-state index in [2.05, 4.69) is 10.6 Å². The third kappa shape index (κ3) is 5.17. The van der Waals surface area contributed by atoms with Crippen molar-refractivity contribution >= 4 is 23.6 Å². The monoisotopic (exact) mass is 409 g/mol. The van der Waals surface area contributed by atoms with Gasteiger partial charge in [-0.05, 0) is 50.1 Å². The van der Waals surface area contributed by atoms with E-state index in [0.29, 0.717) is 18.7 Å². The molecule has 1 unspecified atom stereocenters. The van der Waals surface area contributed by atoms with Gasteiger partial charge in [0, 0.05) is 24.3 Å². The number of amides is 3. The summed E-state index contributed by atoms with van der Waals surface area (Å²) in [5, 5.41) is 5.72. The molecule has 2 aromatic rings. The lowest BCUT2D eigenvalue weighted by Gasteiger charge is -2.21. The van der Waals surface area contributed by atoms with E-state index in [9.17, 15) is 14.4 Å². The van der Waals surface area contributed by atoms with Crippen LogP contribution in [-0.2, 0) is 9.53 Å². The summed E-state index contributed by atoms with van der Waals surface area (Å²) >= 11 is 0. The fraction of sp³-hybridized carbons (Fsp3) is 0.348. The molecule has 3 rings (SSSR count). The van der Waals surface area contributed by atoms with Crippen molar-refractivity contribution in [3.8, 4) is 0 Å². The van der Waals surface area contributed by atoms with Crippen molar-refractivity contribution in [2.45, 2.75) is 39.3 Å². The summed E-state index contributed by atoms with van der Waals surface area (Å²) in [4.78, 5) is 38.7. The fourth-order valence-electron chi connectivity index (χ4n) is 3.46. The first-order chi connectivity index (χ1) is 14.3. The number of ether oxygens (including phenoxy) is 1. The highest BCUT2D eigenvalue weighted by molar-refractivity contribution is 5.98. The zero-order chi connectivity index (χ0) is 21.7. The number of anilines is 1. The lowest BCUT2D eigenvalue weighted by atomic mass is 10.0. The minimum absolute atomic E-state index is 0.0406. The van der Waals surface area contributed by atoms with Gasteiger partial charge in [0.2, 0.25) is 0 Å². The fourth-order valence-corrected chi connectivity index (χ4v) is 3.46. The summed E-state index contributed by atoms with van der Waals surface area (Å²) in [6.07, 6.45) is -0.179. The van der Waals surface area contributed by atoms with E-state index in [0.717, 1.165) is 16.8 Å². The number of hydrogen-bond donors (Lipinski definition) is 2. The predicted octanol–water partition coefficient (Wildman–Crippen LogP) is 3.34. The second kappa shape index (κ2) is 9.43. The van der Waals surface area contributed by atoms with Gasteiger partial charge in [-0.2, -0.15) is 0 Å². The second-order valence-electron chi connectivity index (χ2n) is 7.56. The van der Waals surface area contributed by atoms with Gasteiger partial charge in [-0.15, -0.1) is 0 Å². The van der Waals surface area contributed by atoms with E-state index in [1.165, 1.54) is 0 Å². The Kier molecular flexibility index (Phi) is 6.72. The van der Waals surface area contributed by atoms with E-state index in [1.807, 2.05) is 37.3 Å². The molecule has 1 saturated heterocycles. The van der Waals surface area contributed by atoms with E-state index in [1.54, 1.807) is 36.9 Å². The van der Waals surface area contributed by atoms with Crippen LogP contribution in [0.1, 0.15) is 47.8 Å². The Morgan fingerprint density at radius 3 is 2.50 bits per heavy atom. The number of esters is 1.